The van der Waals surface area contributed by atoms with E-state index in [2.05, 4.69) is 0 Å². The van der Waals surface area contributed by atoms with Crippen molar-refractivity contribution in [1.82, 2.24) is 4.90 Å². The van der Waals surface area contributed by atoms with Gasteiger partial charge in [0, 0.05) is 0 Å². The van der Waals surface area contributed by atoms with Crippen LogP contribution < -0.4 is 0 Å². The second-order valence-corrected chi connectivity index (χ2v) is 8.72. The minimum absolute atomic E-state index is 0.00259. The van der Waals surface area contributed by atoms with Crippen molar-refractivity contribution in [3.63, 3.8) is 0 Å². The maximum absolute atomic E-state index is 13.3. The number of imide groups is 1. The second kappa shape index (κ2) is 8.33. The molecule has 1 aliphatic heterocycles. The van der Waals surface area contributed by atoms with Crippen LogP contribution in [0.25, 0.3) is 0 Å². The first-order valence-electron chi connectivity index (χ1n) is 10.00. The fraction of sp³-hybridized carbons (Fsp3) is 0.591. The van der Waals surface area contributed by atoms with E-state index in [0.717, 1.165) is 24.8 Å². The van der Waals surface area contributed by atoms with E-state index < -0.39 is 23.6 Å². The Bertz CT molecular complexity index is 720. The van der Waals surface area contributed by atoms with E-state index in [-0.39, 0.29) is 30.9 Å². The van der Waals surface area contributed by atoms with Crippen LogP contribution in [-0.4, -0.2) is 41.1 Å². The zero-order valence-electron chi connectivity index (χ0n) is 16.8. The minimum atomic E-state index is -0.612. The first-order valence-corrected chi connectivity index (χ1v) is 10.00. The van der Waals surface area contributed by atoms with Crippen LogP contribution in [0.15, 0.2) is 30.3 Å². The lowest BCUT2D eigenvalue weighted by molar-refractivity contribution is -0.159. The zero-order chi connectivity index (χ0) is 20.3. The summed E-state index contributed by atoms with van der Waals surface area (Å²) in [7, 11) is 0. The van der Waals surface area contributed by atoms with Crippen LogP contribution in [0.5, 0.6) is 0 Å². The van der Waals surface area contributed by atoms with Crippen LogP contribution in [0.1, 0.15) is 52.0 Å². The molecule has 1 aromatic carbocycles. The van der Waals surface area contributed by atoms with Gasteiger partial charge in [-0.2, -0.15) is 0 Å². The molecule has 6 nitrogen and oxygen atoms in total. The summed E-state index contributed by atoms with van der Waals surface area (Å²) in [6.07, 6.45) is 2.77. The van der Waals surface area contributed by atoms with Crippen molar-refractivity contribution in [2.24, 2.45) is 11.8 Å². The number of rotatable bonds is 6. The van der Waals surface area contributed by atoms with Gasteiger partial charge in [-0.05, 0) is 51.5 Å². The molecule has 1 aromatic rings. The Balaban J connectivity index is 1.74. The van der Waals surface area contributed by atoms with Gasteiger partial charge in [0.05, 0.1) is 18.4 Å². The monoisotopic (exact) mass is 387 g/mol. The highest BCUT2D eigenvalue weighted by molar-refractivity contribution is 5.96. The molecule has 1 saturated heterocycles. The van der Waals surface area contributed by atoms with Gasteiger partial charge in [0.25, 0.3) is 0 Å². The van der Waals surface area contributed by atoms with Gasteiger partial charge in [-0.25, -0.2) is 9.69 Å². The number of benzene rings is 1. The summed E-state index contributed by atoms with van der Waals surface area (Å²) in [5, 5.41) is 0. The van der Waals surface area contributed by atoms with Crippen molar-refractivity contribution in [3.05, 3.63) is 35.9 Å². The third kappa shape index (κ3) is 4.91. The Labute approximate surface area is 166 Å². The quantitative estimate of drug-likeness (QED) is 0.696. The fourth-order valence-electron chi connectivity index (χ4n) is 3.81. The molecule has 1 aliphatic carbocycles. The highest BCUT2D eigenvalue weighted by Gasteiger charge is 2.45. The van der Waals surface area contributed by atoms with E-state index in [0.29, 0.717) is 6.42 Å². The van der Waals surface area contributed by atoms with Crippen molar-refractivity contribution < 1.29 is 23.9 Å². The molecule has 0 spiro atoms. The molecule has 1 saturated carbocycles. The van der Waals surface area contributed by atoms with Gasteiger partial charge >= 0.3 is 12.1 Å². The predicted molar refractivity (Wildman–Crippen MR) is 103 cm³/mol. The Hall–Kier alpha value is -2.37. The van der Waals surface area contributed by atoms with Gasteiger partial charge in [0.2, 0.25) is 5.91 Å². The molecule has 0 N–H and O–H groups in total. The summed E-state index contributed by atoms with van der Waals surface area (Å²) in [4.78, 5) is 39.3. The third-order valence-corrected chi connectivity index (χ3v) is 5.36. The Morgan fingerprint density at radius 1 is 1.21 bits per heavy atom. The minimum Gasteiger partial charge on any atom is -0.460 e. The van der Waals surface area contributed by atoms with Gasteiger partial charge < -0.3 is 9.47 Å². The molecule has 2 atom stereocenters. The first-order chi connectivity index (χ1) is 13.2. The van der Waals surface area contributed by atoms with Crippen molar-refractivity contribution in [2.45, 2.75) is 64.5 Å². The standard InChI is InChI=1S/C22H29NO5/c1-22(2,3)28-19(24)13-18(16-10-7-11-16)20(25)23-17(14-27-21(23)26)12-15-8-5-4-6-9-15/h4-6,8-9,16-18H,7,10-14H2,1-3H3/t17-,18-/m1/s1. The van der Waals surface area contributed by atoms with E-state index in [9.17, 15) is 14.4 Å². The molecule has 0 unspecified atom stereocenters. The largest absolute Gasteiger partial charge is 0.460 e. The third-order valence-electron chi connectivity index (χ3n) is 5.36. The number of nitrogens with zero attached hydrogens (tertiary/aromatic N) is 1. The van der Waals surface area contributed by atoms with E-state index in [1.54, 1.807) is 20.8 Å². The summed E-state index contributed by atoms with van der Waals surface area (Å²) >= 11 is 0. The number of cyclic esters (lactones) is 1. The van der Waals surface area contributed by atoms with Gasteiger partial charge in [-0.15, -0.1) is 0 Å². The topological polar surface area (TPSA) is 72.9 Å². The molecule has 3 rings (SSSR count). The molecule has 1 heterocycles. The van der Waals surface area contributed by atoms with Crippen molar-refractivity contribution in [2.75, 3.05) is 6.61 Å². The highest BCUT2D eigenvalue weighted by Crippen LogP contribution is 2.38. The highest BCUT2D eigenvalue weighted by atomic mass is 16.6. The molecule has 152 valence electrons. The predicted octanol–water partition coefficient (Wildman–Crippen LogP) is 3.72. The maximum atomic E-state index is 13.3. The molecule has 6 heteroatoms. The number of ether oxygens (including phenoxy) is 2. The molecular weight excluding hydrogens is 358 g/mol. The molecule has 0 aromatic heterocycles. The van der Waals surface area contributed by atoms with E-state index >= 15 is 0 Å². The number of hydrogen-bond donors (Lipinski definition) is 0. The Morgan fingerprint density at radius 2 is 1.89 bits per heavy atom. The molecule has 2 amide bonds. The van der Waals surface area contributed by atoms with Gasteiger partial charge in [0.1, 0.15) is 12.2 Å². The molecule has 2 aliphatic rings. The van der Waals surface area contributed by atoms with Crippen LogP contribution >= 0.6 is 0 Å². The summed E-state index contributed by atoms with van der Waals surface area (Å²) in [6.45, 7) is 5.60. The lowest BCUT2D eigenvalue weighted by Crippen LogP contribution is -2.47. The van der Waals surface area contributed by atoms with Gasteiger partial charge in [-0.3, -0.25) is 9.59 Å². The summed E-state index contributed by atoms with van der Waals surface area (Å²) in [5.41, 5.74) is 0.433. The molecule has 0 radical (unpaired) electrons. The molecule has 2 fully saturated rings. The Morgan fingerprint density at radius 3 is 2.46 bits per heavy atom. The van der Waals surface area contributed by atoms with Gasteiger partial charge in [0.15, 0.2) is 0 Å². The van der Waals surface area contributed by atoms with Crippen LogP contribution in [-0.2, 0) is 25.5 Å². The van der Waals surface area contributed by atoms with Crippen LogP contribution in [0.4, 0.5) is 4.79 Å². The van der Waals surface area contributed by atoms with E-state index in [1.807, 2.05) is 30.3 Å². The van der Waals surface area contributed by atoms with Gasteiger partial charge in [-0.1, -0.05) is 36.8 Å². The number of carbonyl (C=O) groups excluding carboxylic acids is 3. The lowest BCUT2D eigenvalue weighted by atomic mass is 9.73. The number of hydrogen-bond acceptors (Lipinski definition) is 5. The van der Waals surface area contributed by atoms with Crippen LogP contribution in [0.2, 0.25) is 0 Å². The van der Waals surface area contributed by atoms with Crippen molar-refractivity contribution in [3.8, 4) is 0 Å². The summed E-state index contributed by atoms with van der Waals surface area (Å²) in [6, 6.07) is 9.38. The Kier molecular flexibility index (Phi) is 6.06. The zero-order valence-corrected chi connectivity index (χ0v) is 16.8. The van der Waals surface area contributed by atoms with E-state index in [4.69, 9.17) is 9.47 Å². The maximum Gasteiger partial charge on any atom is 0.416 e. The number of amides is 2. The first kappa shape index (κ1) is 20.4. The van der Waals surface area contributed by atoms with Crippen LogP contribution in [0, 0.1) is 11.8 Å². The van der Waals surface area contributed by atoms with Crippen molar-refractivity contribution >= 4 is 18.0 Å². The van der Waals surface area contributed by atoms with Crippen molar-refractivity contribution in [1.29, 1.82) is 0 Å². The normalized spacial score (nSPS) is 21.0. The number of esters is 1. The average molecular weight is 387 g/mol. The average Bonchev–Trinajstić information content (AvgIpc) is 2.91. The molecule has 28 heavy (non-hydrogen) atoms. The second-order valence-electron chi connectivity index (χ2n) is 8.72. The number of carbonyl (C=O) groups is 3. The summed E-state index contributed by atoms with van der Waals surface area (Å²) in [5.74, 6) is -1.12. The smallest absolute Gasteiger partial charge is 0.416 e. The SMILES string of the molecule is CC(C)(C)OC(=O)C[C@@H](C(=O)N1C(=O)OC[C@H]1Cc1ccccc1)C1CCC1. The van der Waals surface area contributed by atoms with Crippen LogP contribution in [0.3, 0.4) is 0 Å². The fourth-order valence-corrected chi connectivity index (χ4v) is 3.81. The van der Waals surface area contributed by atoms with E-state index in [1.165, 1.54) is 4.90 Å². The lowest BCUT2D eigenvalue weighted by Gasteiger charge is -2.35. The summed E-state index contributed by atoms with van der Waals surface area (Å²) < 4.78 is 10.6. The molecular formula is C22H29NO5. The molecule has 0 bridgehead atoms.